The van der Waals surface area contributed by atoms with E-state index in [0.29, 0.717) is 6.42 Å². The first-order chi connectivity index (χ1) is 6.75. The summed E-state index contributed by atoms with van der Waals surface area (Å²) < 4.78 is 0. The molecule has 1 aromatic rings. The van der Waals surface area contributed by atoms with Gasteiger partial charge in [-0.15, -0.1) is 0 Å². The van der Waals surface area contributed by atoms with Crippen molar-refractivity contribution < 1.29 is 9.90 Å². The number of benzene rings is 1. The third-order valence-electron chi connectivity index (χ3n) is 2.24. The van der Waals surface area contributed by atoms with Crippen LogP contribution in [-0.2, 0) is 11.2 Å². The van der Waals surface area contributed by atoms with Gasteiger partial charge in [0.2, 0.25) is 0 Å². The van der Waals surface area contributed by atoms with E-state index in [0.717, 1.165) is 5.57 Å². The molecule has 1 aromatic carbocycles. The number of aliphatic carboxylic acids is 1. The molecule has 0 radical (unpaired) electrons. The van der Waals surface area contributed by atoms with Crippen molar-refractivity contribution in [2.75, 3.05) is 0 Å². The minimum absolute atomic E-state index is 0.707. The van der Waals surface area contributed by atoms with Crippen molar-refractivity contribution in [2.24, 2.45) is 0 Å². The molecule has 0 saturated heterocycles. The number of fused-ring (bicyclic) bond motifs is 1. The van der Waals surface area contributed by atoms with Crippen molar-refractivity contribution in [3.8, 4) is 0 Å². The second-order valence-corrected chi connectivity index (χ2v) is 3.27. The molecule has 0 amide bonds. The Morgan fingerprint density at radius 3 is 2.86 bits per heavy atom. The summed E-state index contributed by atoms with van der Waals surface area (Å²) in [5.41, 5.74) is 3.20. The average molecular weight is 186 g/mol. The second kappa shape index (κ2) is 3.50. The summed E-state index contributed by atoms with van der Waals surface area (Å²) >= 11 is 0. The van der Waals surface area contributed by atoms with Gasteiger partial charge in [-0.2, -0.15) is 0 Å². The second-order valence-electron chi connectivity index (χ2n) is 3.27. The minimum Gasteiger partial charge on any atom is -0.478 e. The number of carboxylic acid groups (broad SMARTS) is 1. The third-order valence-corrected chi connectivity index (χ3v) is 2.24. The Hall–Kier alpha value is -1.83. The summed E-state index contributed by atoms with van der Waals surface area (Å²) in [5, 5.41) is 8.60. The molecule has 0 bridgehead atoms. The van der Waals surface area contributed by atoms with Crippen molar-refractivity contribution >= 4 is 12.0 Å². The van der Waals surface area contributed by atoms with Crippen LogP contribution in [0.1, 0.15) is 11.1 Å². The highest BCUT2D eigenvalue weighted by Gasteiger charge is 2.07. The maximum absolute atomic E-state index is 10.5. The van der Waals surface area contributed by atoms with Gasteiger partial charge in [-0.3, -0.25) is 0 Å². The van der Waals surface area contributed by atoms with Crippen LogP contribution in [0.15, 0.2) is 42.0 Å². The summed E-state index contributed by atoms with van der Waals surface area (Å²) in [4.78, 5) is 10.5. The average Bonchev–Trinajstić information content (AvgIpc) is 2.17. The number of carbonyl (C=O) groups is 1. The molecule has 0 heterocycles. The first-order valence-electron chi connectivity index (χ1n) is 4.45. The Kier molecular flexibility index (Phi) is 2.19. The van der Waals surface area contributed by atoms with Gasteiger partial charge in [0.05, 0.1) is 0 Å². The van der Waals surface area contributed by atoms with Crippen LogP contribution in [0.2, 0.25) is 0 Å². The van der Waals surface area contributed by atoms with E-state index in [4.69, 9.17) is 5.11 Å². The van der Waals surface area contributed by atoms with E-state index < -0.39 is 5.97 Å². The van der Waals surface area contributed by atoms with Crippen LogP contribution in [0, 0.1) is 0 Å². The predicted octanol–water partition coefficient (Wildman–Crippen LogP) is 2.27. The standard InChI is InChI=1S/C12H10O2/c13-12(14)8-9-5-6-10-3-1-2-4-11(10)7-9/h1-6,8H,7H2,(H,13,14). The molecule has 0 aromatic heterocycles. The van der Waals surface area contributed by atoms with Crippen LogP contribution in [0.4, 0.5) is 0 Å². The number of allylic oxidation sites excluding steroid dienone is 2. The Balaban J connectivity index is 2.34. The lowest BCUT2D eigenvalue weighted by atomic mass is 9.94. The van der Waals surface area contributed by atoms with Gasteiger partial charge < -0.3 is 5.11 Å². The van der Waals surface area contributed by atoms with Gasteiger partial charge in [0, 0.05) is 6.08 Å². The molecule has 0 aliphatic heterocycles. The highest BCUT2D eigenvalue weighted by Crippen LogP contribution is 2.21. The lowest BCUT2D eigenvalue weighted by Crippen LogP contribution is -1.99. The number of carboxylic acids is 1. The van der Waals surface area contributed by atoms with E-state index in [1.807, 2.05) is 36.4 Å². The van der Waals surface area contributed by atoms with Crippen molar-refractivity contribution in [2.45, 2.75) is 6.42 Å². The highest BCUT2D eigenvalue weighted by molar-refractivity contribution is 5.82. The Bertz CT molecular complexity index is 428. The summed E-state index contributed by atoms with van der Waals surface area (Å²) in [6, 6.07) is 8.00. The van der Waals surface area contributed by atoms with Crippen LogP contribution >= 0.6 is 0 Å². The van der Waals surface area contributed by atoms with Gasteiger partial charge in [0.25, 0.3) is 0 Å². The van der Waals surface area contributed by atoms with Gasteiger partial charge in [0.15, 0.2) is 0 Å². The van der Waals surface area contributed by atoms with Gasteiger partial charge in [-0.25, -0.2) is 4.79 Å². The maximum atomic E-state index is 10.5. The van der Waals surface area contributed by atoms with Crippen molar-refractivity contribution in [3.05, 3.63) is 53.1 Å². The summed E-state index contributed by atoms with van der Waals surface area (Å²) in [7, 11) is 0. The van der Waals surface area contributed by atoms with Gasteiger partial charge in [0.1, 0.15) is 0 Å². The molecule has 0 spiro atoms. The van der Waals surface area contributed by atoms with E-state index in [1.54, 1.807) is 0 Å². The Morgan fingerprint density at radius 2 is 2.07 bits per heavy atom. The van der Waals surface area contributed by atoms with Crippen LogP contribution in [0.3, 0.4) is 0 Å². The summed E-state index contributed by atoms with van der Waals surface area (Å²) in [6.07, 6.45) is 5.77. The molecule has 70 valence electrons. The highest BCUT2D eigenvalue weighted by atomic mass is 16.4. The zero-order valence-electron chi connectivity index (χ0n) is 7.60. The zero-order chi connectivity index (χ0) is 9.97. The third kappa shape index (κ3) is 1.74. The van der Waals surface area contributed by atoms with Gasteiger partial charge in [-0.05, 0) is 23.1 Å². The van der Waals surface area contributed by atoms with E-state index in [2.05, 4.69) is 0 Å². The van der Waals surface area contributed by atoms with Crippen LogP contribution in [0.25, 0.3) is 6.08 Å². The SMILES string of the molecule is O=C(O)C=C1C=Cc2ccccc2C1. The topological polar surface area (TPSA) is 37.3 Å². The monoisotopic (exact) mass is 186 g/mol. The molecule has 1 aliphatic rings. The number of hydrogen-bond acceptors (Lipinski definition) is 1. The van der Waals surface area contributed by atoms with E-state index in [-0.39, 0.29) is 0 Å². The molecule has 0 atom stereocenters. The fourth-order valence-corrected chi connectivity index (χ4v) is 1.59. The first-order valence-corrected chi connectivity index (χ1v) is 4.45. The van der Waals surface area contributed by atoms with E-state index in [9.17, 15) is 4.79 Å². The van der Waals surface area contributed by atoms with E-state index >= 15 is 0 Å². The first kappa shape index (κ1) is 8.75. The molecule has 2 rings (SSSR count). The van der Waals surface area contributed by atoms with Crippen LogP contribution in [0.5, 0.6) is 0 Å². The minimum atomic E-state index is -0.885. The number of rotatable bonds is 1. The van der Waals surface area contributed by atoms with E-state index in [1.165, 1.54) is 17.2 Å². The molecule has 2 nitrogen and oxygen atoms in total. The van der Waals surface area contributed by atoms with Crippen LogP contribution in [-0.4, -0.2) is 11.1 Å². The molecule has 0 saturated carbocycles. The lowest BCUT2D eigenvalue weighted by molar-refractivity contribution is -0.131. The molecule has 0 fully saturated rings. The fourth-order valence-electron chi connectivity index (χ4n) is 1.59. The molecule has 1 N–H and O–H groups in total. The van der Waals surface area contributed by atoms with Gasteiger partial charge in [-0.1, -0.05) is 36.4 Å². The Morgan fingerprint density at radius 1 is 1.29 bits per heavy atom. The smallest absolute Gasteiger partial charge is 0.328 e. The van der Waals surface area contributed by atoms with Crippen LogP contribution < -0.4 is 0 Å². The van der Waals surface area contributed by atoms with Gasteiger partial charge >= 0.3 is 5.97 Å². The molecular weight excluding hydrogens is 176 g/mol. The summed E-state index contributed by atoms with van der Waals surface area (Å²) in [5.74, 6) is -0.885. The maximum Gasteiger partial charge on any atom is 0.328 e. The molecule has 2 heteroatoms. The summed E-state index contributed by atoms with van der Waals surface area (Å²) in [6.45, 7) is 0. The predicted molar refractivity (Wildman–Crippen MR) is 54.9 cm³/mol. The largest absolute Gasteiger partial charge is 0.478 e. The quantitative estimate of drug-likeness (QED) is 0.683. The van der Waals surface area contributed by atoms with Crippen molar-refractivity contribution in [1.29, 1.82) is 0 Å². The molecular formula is C12H10O2. The fraction of sp³-hybridized carbons (Fsp3) is 0.0833. The molecule has 0 unspecified atom stereocenters. The lowest BCUT2D eigenvalue weighted by Gasteiger charge is -2.11. The van der Waals surface area contributed by atoms with Crippen molar-refractivity contribution in [3.63, 3.8) is 0 Å². The Labute approximate surface area is 82.2 Å². The van der Waals surface area contributed by atoms with Crippen molar-refractivity contribution in [1.82, 2.24) is 0 Å². The molecule has 1 aliphatic carbocycles. The number of hydrogen-bond donors (Lipinski definition) is 1. The normalized spacial score (nSPS) is 16.7. The zero-order valence-corrected chi connectivity index (χ0v) is 7.60. The molecule has 14 heavy (non-hydrogen) atoms.